The van der Waals surface area contributed by atoms with Gasteiger partial charge in [-0.1, -0.05) is 0 Å². The normalized spacial score (nSPS) is 19.6. The van der Waals surface area contributed by atoms with Gasteiger partial charge in [-0.15, -0.1) is 0 Å². The maximum Gasteiger partial charge on any atom is 0.354 e. The van der Waals surface area contributed by atoms with E-state index in [0.717, 1.165) is 24.9 Å². The van der Waals surface area contributed by atoms with E-state index in [-0.39, 0.29) is 17.9 Å². The van der Waals surface area contributed by atoms with E-state index in [2.05, 4.69) is 4.90 Å². The van der Waals surface area contributed by atoms with Crippen molar-refractivity contribution in [2.75, 3.05) is 13.7 Å². The van der Waals surface area contributed by atoms with Crippen molar-refractivity contribution in [1.29, 1.82) is 0 Å². The number of hydrogen-bond acceptors (Lipinski definition) is 4. The molecule has 0 unspecified atom stereocenters. The molecule has 1 amide bonds. The predicted molar refractivity (Wildman–Crippen MR) is 69.4 cm³/mol. The molecule has 0 saturated carbocycles. The number of methoxy groups -OCH3 is 1. The first-order chi connectivity index (χ1) is 9.02. The van der Waals surface area contributed by atoms with Crippen molar-refractivity contribution in [2.24, 2.45) is 12.8 Å². The molecule has 0 aromatic carbocycles. The van der Waals surface area contributed by atoms with Crippen LogP contribution < -0.4 is 5.73 Å². The number of likely N-dealkylation sites (tertiary alicyclic amines) is 1. The van der Waals surface area contributed by atoms with Crippen molar-refractivity contribution in [3.63, 3.8) is 0 Å². The Morgan fingerprint density at radius 1 is 1.53 bits per heavy atom. The van der Waals surface area contributed by atoms with Crippen molar-refractivity contribution in [3.05, 3.63) is 23.5 Å². The third-order valence-electron chi connectivity index (χ3n) is 3.53. The average molecular weight is 265 g/mol. The zero-order chi connectivity index (χ0) is 14.0. The molecule has 1 atom stereocenters. The lowest BCUT2D eigenvalue weighted by Gasteiger charge is -2.20. The fourth-order valence-corrected chi connectivity index (χ4v) is 2.60. The average Bonchev–Trinajstić information content (AvgIpc) is 2.95. The van der Waals surface area contributed by atoms with Crippen LogP contribution in [0.2, 0.25) is 0 Å². The minimum Gasteiger partial charge on any atom is -0.464 e. The number of carbonyl (C=O) groups excluding carboxylic acids is 2. The second-order valence-electron chi connectivity index (χ2n) is 4.87. The lowest BCUT2D eigenvalue weighted by Crippen LogP contribution is -2.39. The zero-order valence-electron chi connectivity index (χ0n) is 11.3. The highest BCUT2D eigenvalue weighted by atomic mass is 16.5. The van der Waals surface area contributed by atoms with Crippen LogP contribution in [0.5, 0.6) is 0 Å². The van der Waals surface area contributed by atoms with Crippen LogP contribution in [0.3, 0.4) is 0 Å². The number of nitrogens with zero attached hydrogens (tertiary/aromatic N) is 2. The Labute approximate surface area is 112 Å². The zero-order valence-corrected chi connectivity index (χ0v) is 11.3. The van der Waals surface area contributed by atoms with Gasteiger partial charge in [0.2, 0.25) is 5.91 Å². The molecule has 2 N–H and O–H groups in total. The molecular formula is C13H19N3O3. The third kappa shape index (κ3) is 2.78. The smallest absolute Gasteiger partial charge is 0.354 e. The van der Waals surface area contributed by atoms with Gasteiger partial charge in [-0.2, -0.15) is 0 Å². The van der Waals surface area contributed by atoms with Crippen LogP contribution in [0.25, 0.3) is 0 Å². The number of esters is 1. The summed E-state index contributed by atoms with van der Waals surface area (Å²) in [5, 5.41) is 0. The van der Waals surface area contributed by atoms with Crippen LogP contribution in [0.4, 0.5) is 0 Å². The molecule has 1 aliphatic rings. The number of amides is 1. The summed E-state index contributed by atoms with van der Waals surface area (Å²) in [6, 6.07) is 1.60. The minimum absolute atomic E-state index is 0.193. The predicted octanol–water partition coefficient (Wildman–Crippen LogP) is 0.261. The molecule has 1 aliphatic heterocycles. The van der Waals surface area contributed by atoms with Gasteiger partial charge in [0.25, 0.3) is 0 Å². The molecule has 1 fully saturated rings. The van der Waals surface area contributed by atoms with E-state index in [0.29, 0.717) is 12.2 Å². The van der Waals surface area contributed by atoms with Crippen molar-refractivity contribution >= 4 is 11.9 Å². The summed E-state index contributed by atoms with van der Waals surface area (Å²) >= 11 is 0. The van der Waals surface area contributed by atoms with E-state index in [1.807, 2.05) is 6.20 Å². The van der Waals surface area contributed by atoms with Gasteiger partial charge in [0.15, 0.2) is 0 Å². The molecule has 0 radical (unpaired) electrons. The Kier molecular flexibility index (Phi) is 3.90. The van der Waals surface area contributed by atoms with Crippen molar-refractivity contribution < 1.29 is 14.3 Å². The Balaban J connectivity index is 2.11. The molecule has 6 nitrogen and oxygen atoms in total. The third-order valence-corrected chi connectivity index (χ3v) is 3.53. The molecule has 19 heavy (non-hydrogen) atoms. The monoisotopic (exact) mass is 265 g/mol. The second-order valence-corrected chi connectivity index (χ2v) is 4.87. The summed E-state index contributed by atoms with van der Waals surface area (Å²) in [5.74, 6) is -0.636. The van der Waals surface area contributed by atoms with Crippen molar-refractivity contribution in [2.45, 2.75) is 25.4 Å². The first-order valence-corrected chi connectivity index (χ1v) is 6.30. The molecule has 0 aliphatic carbocycles. The summed E-state index contributed by atoms with van der Waals surface area (Å²) < 4.78 is 6.44. The van der Waals surface area contributed by atoms with Crippen molar-refractivity contribution in [1.82, 2.24) is 9.47 Å². The van der Waals surface area contributed by atoms with E-state index in [9.17, 15) is 9.59 Å². The first kappa shape index (κ1) is 13.6. The summed E-state index contributed by atoms with van der Waals surface area (Å²) in [6.45, 7) is 1.48. The number of carbonyl (C=O) groups is 2. The van der Waals surface area contributed by atoms with Gasteiger partial charge >= 0.3 is 5.97 Å². The number of ether oxygens (including phenoxy) is 1. The quantitative estimate of drug-likeness (QED) is 0.792. The van der Waals surface area contributed by atoms with Crippen LogP contribution in [-0.4, -0.2) is 41.0 Å². The molecule has 0 spiro atoms. The van der Waals surface area contributed by atoms with Gasteiger partial charge in [0, 0.05) is 19.8 Å². The topological polar surface area (TPSA) is 77.6 Å². The van der Waals surface area contributed by atoms with Gasteiger partial charge in [0.1, 0.15) is 5.69 Å². The van der Waals surface area contributed by atoms with Crippen LogP contribution in [0.15, 0.2) is 12.3 Å². The summed E-state index contributed by atoms with van der Waals surface area (Å²) in [5.41, 5.74) is 6.88. The van der Waals surface area contributed by atoms with E-state index < -0.39 is 0 Å². The Morgan fingerprint density at radius 3 is 2.89 bits per heavy atom. The number of aromatic nitrogens is 1. The van der Waals surface area contributed by atoms with Crippen LogP contribution in [-0.2, 0) is 23.1 Å². The van der Waals surface area contributed by atoms with Gasteiger partial charge in [-0.05, 0) is 31.0 Å². The number of rotatable bonds is 4. The molecule has 1 aromatic heterocycles. The maximum atomic E-state index is 11.5. The summed E-state index contributed by atoms with van der Waals surface area (Å²) in [7, 11) is 3.16. The first-order valence-electron chi connectivity index (χ1n) is 6.30. The highest BCUT2D eigenvalue weighted by molar-refractivity contribution is 5.87. The number of nitrogens with two attached hydrogens (primary N) is 1. The fraction of sp³-hybridized carbons (Fsp3) is 0.538. The van der Waals surface area contributed by atoms with Crippen LogP contribution in [0.1, 0.15) is 28.9 Å². The molecule has 6 heteroatoms. The van der Waals surface area contributed by atoms with E-state index in [4.69, 9.17) is 10.5 Å². The lowest BCUT2D eigenvalue weighted by atomic mass is 10.2. The number of aryl methyl sites for hydroxylation is 1. The van der Waals surface area contributed by atoms with Crippen molar-refractivity contribution in [3.8, 4) is 0 Å². The van der Waals surface area contributed by atoms with Gasteiger partial charge in [0.05, 0.1) is 13.2 Å². The van der Waals surface area contributed by atoms with E-state index >= 15 is 0 Å². The molecule has 1 aromatic rings. The molecule has 2 heterocycles. The van der Waals surface area contributed by atoms with Gasteiger partial charge < -0.3 is 15.0 Å². The molecule has 104 valence electrons. The number of primary amides is 1. The van der Waals surface area contributed by atoms with Crippen LogP contribution in [0, 0.1) is 0 Å². The van der Waals surface area contributed by atoms with E-state index in [1.165, 1.54) is 7.11 Å². The highest BCUT2D eigenvalue weighted by Gasteiger charge is 2.29. The minimum atomic E-state index is -0.360. The van der Waals surface area contributed by atoms with Crippen LogP contribution >= 0.6 is 0 Å². The largest absolute Gasteiger partial charge is 0.464 e. The second kappa shape index (κ2) is 5.44. The standard InChI is InChI=1S/C13H19N3O3/c1-15-7-9(6-11(15)13(18)19-2)8-16-5-3-4-10(16)12(14)17/h6-7,10H,3-5,8H2,1-2H3,(H2,14,17)/t10-/m1/s1. The van der Waals surface area contributed by atoms with Gasteiger partial charge in [-0.3, -0.25) is 9.69 Å². The maximum absolute atomic E-state index is 11.5. The Bertz CT molecular complexity index is 495. The SMILES string of the molecule is COC(=O)c1cc(CN2CCC[C@@H]2C(N)=O)cn1C. The fourth-order valence-electron chi connectivity index (χ4n) is 2.60. The summed E-state index contributed by atoms with van der Waals surface area (Å²) in [4.78, 5) is 24.9. The Hall–Kier alpha value is -1.82. The molecule has 2 rings (SSSR count). The lowest BCUT2D eigenvalue weighted by molar-refractivity contribution is -0.122. The Morgan fingerprint density at radius 2 is 2.26 bits per heavy atom. The molecule has 0 bridgehead atoms. The number of hydrogen-bond donors (Lipinski definition) is 1. The van der Waals surface area contributed by atoms with E-state index in [1.54, 1.807) is 17.7 Å². The molecule has 1 saturated heterocycles. The molecular weight excluding hydrogens is 246 g/mol. The highest BCUT2D eigenvalue weighted by Crippen LogP contribution is 2.20. The van der Waals surface area contributed by atoms with Gasteiger partial charge in [-0.25, -0.2) is 4.79 Å². The summed E-state index contributed by atoms with van der Waals surface area (Å²) in [6.07, 6.45) is 3.67.